The maximum absolute atomic E-state index is 12.9. The van der Waals surface area contributed by atoms with Gasteiger partial charge < -0.3 is 20.1 Å². The molecular formula is C18H20N4O3. The molecule has 7 heteroatoms. The summed E-state index contributed by atoms with van der Waals surface area (Å²) in [6, 6.07) is 8.38. The minimum Gasteiger partial charge on any atom is -0.359 e. The second kappa shape index (κ2) is 6.23. The third-order valence-corrected chi connectivity index (χ3v) is 4.66. The monoisotopic (exact) mass is 340 g/mol. The van der Waals surface area contributed by atoms with Crippen LogP contribution in [0.5, 0.6) is 0 Å². The van der Waals surface area contributed by atoms with Crippen LogP contribution in [-0.4, -0.2) is 35.1 Å². The molecule has 2 aromatic rings. The molecule has 4 rings (SSSR count). The van der Waals surface area contributed by atoms with E-state index in [2.05, 4.69) is 15.8 Å². The van der Waals surface area contributed by atoms with Gasteiger partial charge in [0.25, 0.3) is 0 Å². The van der Waals surface area contributed by atoms with E-state index in [0.29, 0.717) is 30.4 Å². The Labute approximate surface area is 145 Å². The molecule has 1 aliphatic carbocycles. The zero-order valence-corrected chi connectivity index (χ0v) is 14.0. The molecule has 1 saturated heterocycles. The van der Waals surface area contributed by atoms with E-state index in [1.165, 1.54) is 0 Å². The highest BCUT2D eigenvalue weighted by Crippen LogP contribution is 2.44. The topological polar surface area (TPSA) is 87.5 Å². The Morgan fingerprint density at radius 1 is 1.32 bits per heavy atom. The van der Waals surface area contributed by atoms with E-state index in [4.69, 9.17) is 4.52 Å². The van der Waals surface area contributed by atoms with Crippen LogP contribution in [0.1, 0.15) is 41.8 Å². The first kappa shape index (κ1) is 15.7. The van der Waals surface area contributed by atoms with Crippen molar-refractivity contribution in [2.24, 2.45) is 0 Å². The molecule has 0 radical (unpaired) electrons. The molecule has 0 spiro atoms. The number of nitrogens with zero attached hydrogens (tertiary/aromatic N) is 2. The third-order valence-electron chi connectivity index (χ3n) is 4.66. The predicted molar refractivity (Wildman–Crippen MR) is 91.1 cm³/mol. The summed E-state index contributed by atoms with van der Waals surface area (Å²) in [5.74, 6) is 0.909. The van der Waals surface area contributed by atoms with Crippen LogP contribution < -0.4 is 10.6 Å². The van der Waals surface area contributed by atoms with Crippen molar-refractivity contribution in [3.63, 3.8) is 0 Å². The lowest BCUT2D eigenvalue weighted by Gasteiger charge is -2.35. The maximum Gasteiger partial charge on any atom is 0.323 e. The van der Waals surface area contributed by atoms with Crippen molar-refractivity contribution in [1.82, 2.24) is 15.4 Å². The molecule has 130 valence electrons. The van der Waals surface area contributed by atoms with Gasteiger partial charge >= 0.3 is 6.03 Å². The van der Waals surface area contributed by atoms with Gasteiger partial charge in [0.15, 0.2) is 5.76 Å². The normalized spacial score (nSPS) is 20.3. The molecule has 1 atom stereocenters. The summed E-state index contributed by atoms with van der Waals surface area (Å²) in [4.78, 5) is 26.9. The highest BCUT2D eigenvalue weighted by molar-refractivity contribution is 5.95. The third kappa shape index (κ3) is 2.97. The smallest absolute Gasteiger partial charge is 0.323 e. The molecule has 2 heterocycles. The van der Waals surface area contributed by atoms with Gasteiger partial charge in [0.2, 0.25) is 5.91 Å². The van der Waals surface area contributed by atoms with Crippen LogP contribution in [0.15, 0.2) is 34.9 Å². The van der Waals surface area contributed by atoms with Gasteiger partial charge in [-0.3, -0.25) is 4.79 Å². The molecule has 1 saturated carbocycles. The van der Waals surface area contributed by atoms with Crippen LogP contribution >= 0.6 is 0 Å². The average Bonchev–Trinajstić information content (AvgIpc) is 3.40. The predicted octanol–water partition coefficient (Wildman–Crippen LogP) is 2.57. The summed E-state index contributed by atoms with van der Waals surface area (Å²) in [5, 5.41) is 9.74. The first-order valence-corrected chi connectivity index (χ1v) is 8.51. The number of urea groups is 1. The number of rotatable bonds is 3. The van der Waals surface area contributed by atoms with E-state index in [9.17, 15) is 9.59 Å². The minimum atomic E-state index is -0.639. The summed E-state index contributed by atoms with van der Waals surface area (Å²) in [5.41, 5.74) is 2.09. The van der Waals surface area contributed by atoms with E-state index in [-0.39, 0.29) is 11.9 Å². The molecule has 2 N–H and O–H groups in total. The molecule has 2 aliphatic rings. The van der Waals surface area contributed by atoms with E-state index >= 15 is 0 Å². The maximum atomic E-state index is 12.9. The lowest BCUT2D eigenvalue weighted by Crippen LogP contribution is -2.53. The molecule has 1 aromatic heterocycles. The van der Waals surface area contributed by atoms with Gasteiger partial charge in [-0.15, -0.1) is 0 Å². The number of aromatic nitrogens is 1. The molecule has 7 nitrogen and oxygen atoms in total. The van der Waals surface area contributed by atoms with Crippen LogP contribution in [0.25, 0.3) is 0 Å². The Bertz CT molecular complexity index is 798. The van der Waals surface area contributed by atoms with Crippen molar-refractivity contribution >= 4 is 17.6 Å². The van der Waals surface area contributed by atoms with Gasteiger partial charge in [-0.25, -0.2) is 4.79 Å². The molecule has 2 fully saturated rings. The fourth-order valence-electron chi connectivity index (χ4n) is 3.19. The molecular weight excluding hydrogens is 320 g/mol. The highest BCUT2D eigenvalue weighted by atomic mass is 16.5. The first-order valence-electron chi connectivity index (χ1n) is 8.51. The summed E-state index contributed by atoms with van der Waals surface area (Å²) in [6.45, 7) is 2.69. The van der Waals surface area contributed by atoms with Crippen molar-refractivity contribution in [2.45, 2.75) is 31.7 Å². The molecule has 0 unspecified atom stereocenters. The van der Waals surface area contributed by atoms with Crippen molar-refractivity contribution in [3.8, 4) is 0 Å². The van der Waals surface area contributed by atoms with Gasteiger partial charge in [0.1, 0.15) is 17.4 Å². The lowest BCUT2D eigenvalue weighted by molar-refractivity contribution is -0.127. The van der Waals surface area contributed by atoms with Crippen LogP contribution in [0, 0.1) is 6.92 Å². The molecule has 25 heavy (non-hydrogen) atoms. The number of aryl methyl sites for hydroxylation is 1. The van der Waals surface area contributed by atoms with E-state index in [0.717, 1.165) is 24.2 Å². The molecule has 0 bridgehead atoms. The zero-order chi connectivity index (χ0) is 17.4. The minimum absolute atomic E-state index is 0.169. The molecule has 1 aliphatic heterocycles. The number of hydrogen-bond acceptors (Lipinski definition) is 4. The number of nitrogens with one attached hydrogen (secondary N) is 2. The largest absolute Gasteiger partial charge is 0.359 e. The standard InChI is InChI=1S/C18H20N4O3/c1-11-14(16(25-21-11)13-7-8-13)20-18(24)22-10-9-19-17(23)15(22)12-5-3-2-4-6-12/h2-6,13,15H,7-10H2,1H3,(H,19,23)(H,20,24)/t15-/m0/s1. The highest BCUT2D eigenvalue weighted by Gasteiger charge is 2.37. The Hall–Kier alpha value is -2.83. The van der Waals surface area contributed by atoms with E-state index in [1.807, 2.05) is 37.3 Å². The summed E-state index contributed by atoms with van der Waals surface area (Å²) < 4.78 is 5.38. The van der Waals surface area contributed by atoms with Crippen molar-refractivity contribution in [1.29, 1.82) is 0 Å². The SMILES string of the molecule is Cc1noc(C2CC2)c1NC(=O)N1CCNC(=O)[C@@H]1c1ccccc1. The Kier molecular flexibility index (Phi) is 3.91. The number of hydrogen-bond donors (Lipinski definition) is 2. The van der Waals surface area contributed by atoms with Gasteiger partial charge in [-0.2, -0.15) is 0 Å². The van der Waals surface area contributed by atoms with Crippen LogP contribution in [0.2, 0.25) is 0 Å². The van der Waals surface area contributed by atoms with Gasteiger partial charge in [0.05, 0.1) is 0 Å². The number of benzene rings is 1. The molecule has 1 aromatic carbocycles. The fourth-order valence-corrected chi connectivity index (χ4v) is 3.19. The number of carbonyl (C=O) groups excluding carboxylic acids is 2. The van der Waals surface area contributed by atoms with Gasteiger partial charge in [0, 0.05) is 19.0 Å². The number of carbonyl (C=O) groups is 2. The van der Waals surface area contributed by atoms with Crippen molar-refractivity contribution in [3.05, 3.63) is 47.3 Å². The fraction of sp³-hybridized carbons (Fsp3) is 0.389. The first-order chi connectivity index (χ1) is 12.1. The average molecular weight is 340 g/mol. The zero-order valence-electron chi connectivity index (χ0n) is 14.0. The number of piperazine rings is 1. The van der Waals surface area contributed by atoms with Gasteiger partial charge in [-0.1, -0.05) is 35.5 Å². The second-order valence-electron chi connectivity index (χ2n) is 6.51. The summed E-state index contributed by atoms with van der Waals surface area (Å²) >= 11 is 0. The van der Waals surface area contributed by atoms with Crippen LogP contribution in [0.3, 0.4) is 0 Å². The van der Waals surface area contributed by atoms with Gasteiger partial charge in [-0.05, 0) is 25.3 Å². The lowest BCUT2D eigenvalue weighted by atomic mass is 10.0. The van der Waals surface area contributed by atoms with E-state index in [1.54, 1.807) is 4.90 Å². The Morgan fingerprint density at radius 2 is 2.08 bits per heavy atom. The number of anilines is 1. The van der Waals surface area contributed by atoms with Crippen molar-refractivity contribution < 1.29 is 14.1 Å². The summed E-state index contributed by atoms with van der Waals surface area (Å²) in [6.07, 6.45) is 2.10. The Balaban J connectivity index is 1.59. The van der Waals surface area contributed by atoms with Crippen LogP contribution in [-0.2, 0) is 4.79 Å². The Morgan fingerprint density at radius 3 is 2.80 bits per heavy atom. The van der Waals surface area contributed by atoms with E-state index < -0.39 is 6.04 Å². The summed E-state index contributed by atoms with van der Waals surface area (Å²) in [7, 11) is 0. The second-order valence-corrected chi connectivity index (χ2v) is 6.51. The quantitative estimate of drug-likeness (QED) is 0.899. The number of amides is 3. The van der Waals surface area contributed by atoms with Crippen molar-refractivity contribution in [2.75, 3.05) is 18.4 Å². The molecule has 3 amide bonds. The van der Waals surface area contributed by atoms with Crippen LogP contribution in [0.4, 0.5) is 10.5 Å².